The van der Waals surface area contributed by atoms with Crippen LogP contribution in [0.3, 0.4) is 0 Å². The molecular weight excluding hydrogens is 250 g/mol. The van der Waals surface area contributed by atoms with E-state index in [9.17, 15) is 22.4 Å². The Morgan fingerprint density at radius 1 is 1.38 bits per heavy atom. The van der Waals surface area contributed by atoms with Gasteiger partial charge in [0.1, 0.15) is 5.82 Å². The Morgan fingerprint density at radius 2 is 1.94 bits per heavy atom. The van der Waals surface area contributed by atoms with E-state index < -0.39 is 34.9 Å². The normalized spacial score (nSPS) is 11.6. The van der Waals surface area contributed by atoms with E-state index in [1.54, 1.807) is 0 Å². The molecular formula is C9H6ClF4NO. The summed E-state index contributed by atoms with van der Waals surface area (Å²) in [6, 6.07) is 0.831. The first-order chi connectivity index (χ1) is 7.27. The van der Waals surface area contributed by atoms with Crippen molar-refractivity contribution in [2.24, 2.45) is 0 Å². The zero-order chi connectivity index (χ0) is 12.5. The summed E-state index contributed by atoms with van der Waals surface area (Å²) in [5.41, 5.74) is 2.92. The molecule has 2 nitrogen and oxygen atoms in total. The van der Waals surface area contributed by atoms with Gasteiger partial charge in [-0.15, -0.1) is 11.6 Å². The minimum absolute atomic E-state index is 0.347. The number of carbonyl (C=O) groups is 1. The van der Waals surface area contributed by atoms with Gasteiger partial charge in [-0.25, -0.2) is 4.39 Å². The first kappa shape index (κ1) is 12.8. The van der Waals surface area contributed by atoms with E-state index in [2.05, 4.69) is 0 Å². The van der Waals surface area contributed by atoms with Crippen LogP contribution in [-0.4, -0.2) is 11.7 Å². The van der Waals surface area contributed by atoms with Crippen molar-refractivity contribution >= 4 is 23.1 Å². The van der Waals surface area contributed by atoms with Crippen molar-refractivity contribution in [3.63, 3.8) is 0 Å². The molecule has 0 heterocycles. The third-order valence-electron chi connectivity index (χ3n) is 1.87. The summed E-state index contributed by atoms with van der Waals surface area (Å²) in [6.45, 7) is 0. The van der Waals surface area contributed by atoms with Crippen LogP contribution >= 0.6 is 11.6 Å². The number of hydrogen-bond donors (Lipinski definition) is 1. The van der Waals surface area contributed by atoms with Gasteiger partial charge in [0.15, 0.2) is 5.78 Å². The summed E-state index contributed by atoms with van der Waals surface area (Å²) in [6.07, 6.45) is -4.85. The van der Waals surface area contributed by atoms with E-state index in [0.717, 1.165) is 0 Å². The van der Waals surface area contributed by atoms with Gasteiger partial charge in [-0.3, -0.25) is 4.79 Å². The Bertz CT molecular complexity index is 430. The van der Waals surface area contributed by atoms with E-state index in [0.29, 0.717) is 12.1 Å². The molecule has 0 spiro atoms. The lowest BCUT2D eigenvalue weighted by Gasteiger charge is -2.11. The zero-order valence-corrected chi connectivity index (χ0v) is 8.49. The minimum atomic E-state index is -4.85. The lowest BCUT2D eigenvalue weighted by Crippen LogP contribution is -2.12. The summed E-state index contributed by atoms with van der Waals surface area (Å²) in [4.78, 5) is 11.1. The van der Waals surface area contributed by atoms with Gasteiger partial charge in [-0.2, -0.15) is 13.2 Å². The smallest absolute Gasteiger partial charge is 0.398 e. The van der Waals surface area contributed by atoms with Crippen molar-refractivity contribution < 1.29 is 22.4 Å². The molecule has 0 aliphatic rings. The molecule has 0 bridgehead atoms. The Kier molecular flexibility index (Phi) is 3.42. The number of benzene rings is 1. The maximum Gasteiger partial charge on any atom is 0.419 e. The van der Waals surface area contributed by atoms with Gasteiger partial charge in [-0.05, 0) is 12.1 Å². The zero-order valence-electron chi connectivity index (χ0n) is 7.74. The van der Waals surface area contributed by atoms with Crippen molar-refractivity contribution in [2.45, 2.75) is 6.18 Å². The summed E-state index contributed by atoms with van der Waals surface area (Å²) in [7, 11) is 0. The van der Waals surface area contributed by atoms with Crippen LogP contribution in [0.15, 0.2) is 12.1 Å². The van der Waals surface area contributed by atoms with Crippen LogP contribution in [0, 0.1) is 5.82 Å². The molecule has 2 N–H and O–H groups in total. The largest absolute Gasteiger partial charge is 0.419 e. The maximum absolute atomic E-state index is 13.1. The molecule has 16 heavy (non-hydrogen) atoms. The molecule has 1 aromatic rings. The summed E-state index contributed by atoms with van der Waals surface area (Å²) in [5.74, 6) is -2.75. The van der Waals surface area contributed by atoms with Crippen LogP contribution < -0.4 is 5.73 Å². The SMILES string of the molecule is Nc1cc(C(F)(F)F)c(F)cc1C(=O)CCl. The maximum atomic E-state index is 13.1. The lowest BCUT2D eigenvalue weighted by molar-refractivity contribution is -0.139. The minimum Gasteiger partial charge on any atom is -0.398 e. The predicted octanol–water partition coefficient (Wildman–Crippen LogP) is 2.85. The van der Waals surface area contributed by atoms with Crippen molar-refractivity contribution in [2.75, 3.05) is 11.6 Å². The Morgan fingerprint density at radius 3 is 2.38 bits per heavy atom. The Balaban J connectivity index is 3.33. The molecule has 88 valence electrons. The van der Waals surface area contributed by atoms with E-state index in [1.165, 1.54) is 0 Å². The van der Waals surface area contributed by atoms with Crippen molar-refractivity contribution in [3.8, 4) is 0 Å². The number of alkyl halides is 4. The molecule has 0 saturated heterocycles. The average molecular weight is 256 g/mol. The first-order valence-corrected chi connectivity index (χ1v) is 4.56. The van der Waals surface area contributed by atoms with Gasteiger partial charge in [-0.1, -0.05) is 0 Å². The standard InChI is InChI=1S/C9H6ClF4NO/c10-3-8(16)4-1-6(11)5(2-7(4)15)9(12,13)14/h1-2H,3,15H2. The molecule has 0 fully saturated rings. The predicted molar refractivity (Wildman–Crippen MR) is 50.9 cm³/mol. The fourth-order valence-electron chi connectivity index (χ4n) is 1.12. The highest BCUT2D eigenvalue weighted by Crippen LogP contribution is 2.33. The van der Waals surface area contributed by atoms with Crippen LogP contribution in [-0.2, 0) is 6.18 Å². The summed E-state index contributed by atoms with van der Waals surface area (Å²) in [5, 5.41) is 0. The van der Waals surface area contributed by atoms with Gasteiger partial charge >= 0.3 is 6.18 Å². The van der Waals surface area contributed by atoms with Crippen molar-refractivity contribution in [1.29, 1.82) is 0 Å². The molecule has 7 heteroatoms. The molecule has 0 saturated carbocycles. The van der Waals surface area contributed by atoms with Gasteiger partial charge in [0, 0.05) is 11.3 Å². The lowest BCUT2D eigenvalue weighted by atomic mass is 10.1. The van der Waals surface area contributed by atoms with Crippen LogP contribution in [0.1, 0.15) is 15.9 Å². The van der Waals surface area contributed by atoms with Gasteiger partial charge in [0.05, 0.1) is 11.4 Å². The van der Waals surface area contributed by atoms with Gasteiger partial charge in [0.2, 0.25) is 0 Å². The molecule has 0 unspecified atom stereocenters. The van der Waals surface area contributed by atoms with Crippen LogP contribution in [0.4, 0.5) is 23.2 Å². The highest BCUT2D eigenvalue weighted by atomic mass is 35.5. The first-order valence-electron chi connectivity index (χ1n) is 4.02. The number of nitrogen functional groups attached to an aromatic ring is 1. The highest BCUT2D eigenvalue weighted by molar-refractivity contribution is 6.31. The number of halogens is 5. The number of Topliss-reactive ketones (excluding diaryl/α,β-unsaturated/α-hetero) is 1. The Labute approximate surface area is 93.0 Å². The quantitative estimate of drug-likeness (QED) is 0.382. The van der Waals surface area contributed by atoms with Crippen molar-refractivity contribution in [1.82, 2.24) is 0 Å². The monoisotopic (exact) mass is 255 g/mol. The average Bonchev–Trinajstić information content (AvgIpc) is 2.18. The summed E-state index contributed by atoms with van der Waals surface area (Å²) < 4.78 is 49.8. The van der Waals surface area contributed by atoms with Crippen LogP contribution in [0.5, 0.6) is 0 Å². The number of anilines is 1. The molecule has 0 aromatic heterocycles. The highest BCUT2D eigenvalue weighted by Gasteiger charge is 2.35. The van der Waals surface area contributed by atoms with Gasteiger partial charge < -0.3 is 5.73 Å². The van der Waals surface area contributed by atoms with E-state index in [4.69, 9.17) is 17.3 Å². The van der Waals surface area contributed by atoms with E-state index in [1.807, 2.05) is 0 Å². The molecule has 0 aliphatic heterocycles. The Hall–Kier alpha value is -1.30. The number of rotatable bonds is 2. The molecule has 0 amide bonds. The second-order valence-electron chi connectivity index (χ2n) is 2.97. The van der Waals surface area contributed by atoms with Crippen molar-refractivity contribution in [3.05, 3.63) is 29.1 Å². The molecule has 0 aliphatic carbocycles. The van der Waals surface area contributed by atoms with Crippen LogP contribution in [0.2, 0.25) is 0 Å². The number of ketones is 1. The molecule has 0 radical (unpaired) electrons. The third kappa shape index (κ3) is 2.44. The molecule has 1 aromatic carbocycles. The molecule has 0 atom stereocenters. The summed E-state index contributed by atoms with van der Waals surface area (Å²) >= 11 is 5.19. The topological polar surface area (TPSA) is 43.1 Å². The molecule has 1 rings (SSSR count). The number of nitrogens with two attached hydrogens (primary N) is 1. The fourth-order valence-corrected chi connectivity index (χ4v) is 1.26. The van der Waals surface area contributed by atoms with Gasteiger partial charge in [0.25, 0.3) is 0 Å². The van der Waals surface area contributed by atoms with E-state index in [-0.39, 0.29) is 5.56 Å². The second-order valence-corrected chi connectivity index (χ2v) is 3.24. The number of hydrogen-bond acceptors (Lipinski definition) is 2. The fraction of sp³-hybridized carbons (Fsp3) is 0.222. The second kappa shape index (κ2) is 4.29. The number of carbonyl (C=O) groups excluding carboxylic acids is 1. The van der Waals surface area contributed by atoms with Crippen LogP contribution in [0.25, 0.3) is 0 Å². The van der Waals surface area contributed by atoms with E-state index >= 15 is 0 Å². The third-order valence-corrected chi connectivity index (χ3v) is 2.11.